The van der Waals surface area contributed by atoms with Crippen LogP contribution in [0.5, 0.6) is 0 Å². The quantitative estimate of drug-likeness (QED) is 0.0696. The molecule has 0 fully saturated rings. The summed E-state index contributed by atoms with van der Waals surface area (Å²) in [4.78, 5) is 35.4. The Morgan fingerprint density at radius 1 is 0.188 bits per heavy atom. The van der Waals surface area contributed by atoms with Crippen LogP contribution in [0.3, 0.4) is 0 Å². The molecule has 4 radical (unpaired) electrons. The first kappa shape index (κ1) is 115. The SMILES string of the molecule is C[Si](C)(C)c1ccc(-c2[c-]cc(-c3ccccc3)cc2)nc1.C[Si](C)(C)c1cccnc1-c1[c-]cc(-c2ccccc2)cc1.C[Si](C)(C)c1ccnc(-c2[c-]cc(-c3ccccc3)cc2)c1.C[Si](C)(C)c1ccnc(-c2[c-]cc(-c3ccccc3)cc2)c1.Cc1ccc[c-]c1-c1ccccn1.Cc1ccc[c-]c1-c1ccccn1.Cc1ccc[c-]c1-c1ccccn1.Cc1ccc[c-]c1-c1ccccn1.[Ir].[Ir].[Ir].[Ir]. The first-order valence-electron chi connectivity index (χ1n) is 47.4. The molecule has 0 aliphatic rings. The normalized spacial score (nSPS) is 10.6. The van der Waals surface area contributed by atoms with E-state index in [1.165, 1.54) is 87.5 Å². The van der Waals surface area contributed by atoms with Gasteiger partial charge in [0.15, 0.2) is 0 Å². The van der Waals surface area contributed by atoms with Gasteiger partial charge in [0.1, 0.15) is 0 Å². The van der Waals surface area contributed by atoms with Crippen LogP contribution in [0.2, 0.25) is 78.6 Å². The van der Waals surface area contributed by atoms with Gasteiger partial charge in [-0.1, -0.05) is 367 Å². The summed E-state index contributed by atoms with van der Waals surface area (Å²) in [6, 6.07) is 158. The molecule has 8 aromatic heterocycles. The number of rotatable bonds is 16. The van der Waals surface area contributed by atoms with Crippen molar-refractivity contribution in [3.63, 3.8) is 0 Å². The third-order valence-electron chi connectivity index (χ3n) is 23.2. The molecule has 0 aliphatic carbocycles. The third kappa shape index (κ3) is 34.5. The summed E-state index contributed by atoms with van der Waals surface area (Å²) in [6.45, 7) is 36.5. The van der Waals surface area contributed by atoms with E-state index in [2.05, 4.69) is 413 Å². The van der Waals surface area contributed by atoms with E-state index in [1.54, 1.807) is 24.8 Å². The van der Waals surface area contributed by atoms with Gasteiger partial charge >= 0.3 is 0 Å². The van der Waals surface area contributed by atoms with E-state index in [9.17, 15) is 0 Å². The molecule has 0 amide bonds. The zero-order valence-electron chi connectivity index (χ0n) is 84.5. The molecule has 20 rings (SSSR count). The fourth-order valence-corrected chi connectivity index (χ4v) is 19.9. The molecule has 20 aromatic rings. The van der Waals surface area contributed by atoms with E-state index in [1.807, 2.05) is 195 Å². The number of hydrogen-bond donors (Lipinski definition) is 0. The Balaban J connectivity index is 0.000000185. The van der Waals surface area contributed by atoms with Gasteiger partial charge in [-0.2, -0.15) is 0 Å². The number of nitrogens with zero attached hydrogens (tertiary/aromatic N) is 8. The van der Waals surface area contributed by atoms with E-state index in [4.69, 9.17) is 0 Å². The minimum atomic E-state index is -1.42. The second kappa shape index (κ2) is 57.1. The molecule has 0 atom stereocenters. The molecular formula is C128H120Ir4N8Si4-8. The number of pyridine rings is 8. The van der Waals surface area contributed by atoms with Gasteiger partial charge in [-0.05, 0) is 93.2 Å². The van der Waals surface area contributed by atoms with Gasteiger partial charge in [0.05, 0.1) is 32.3 Å². The molecular weight excluding hydrogens is 2530 g/mol. The zero-order chi connectivity index (χ0) is 98.7. The molecule has 0 N–H and O–H groups in total. The van der Waals surface area contributed by atoms with Gasteiger partial charge in [-0.3, -0.25) is 0 Å². The molecule has 0 saturated heterocycles. The van der Waals surface area contributed by atoms with Gasteiger partial charge < -0.3 is 39.9 Å². The van der Waals surface area contributed by atoms with Crippen molar-refractivity contribution in [1.29, 1.82) is 0 Å². The molecule has 16 heteroatoms. The van der Waals surface area contributed by atoms with Crippen LogP contribution in [0.25, 0.3) is 135 Å². The second-order valence-electron chi connectivity index (χ2n) is 37.9. The summed E-state index contributed by atoms with van der Waals surface area (Å²) in [5.41, 5.74) is 31.1. The minimum absolute atomic E-state index is 0. The molecule has 12 aromatic carbocycles. The fraction of sp³-hybridized carbons (Fsp3) is 0.125. The van der Waals surface area contributed by atoms with Crippen molar-refractivity contribution < 1.29 is 80.4 Å². The first-order valence-corrected chi connectivity index (χ1v) is 61.4. The van der Waals surface area contributed by atoms with E-state index in [-0.39, 0.29) is 80.4 Å². The summed E-state index contributed by atoms with van der Waals surface area (Å²) in [6.07, 6.45) is 14.9. The topological polar surface area (TPSA) is 103 Å². The molecule has 8 nitrogen and oxygen atoms in total. The van der Waals surface area contributed by atoms with Crippen LogP contribution in [-0.4, -0.2) is 72.2 Å². The molecule has 0 unspecified atom stereocenters. The van der Waals surface area contributed by atoms with Crippen LogP contribution in [-0.2, 0) is 80.4 Å². The van der Waals surface area contributed by atoms with Crippen molar-refractivity contribution in [2.45, 2.75) is 106 Å². The van der Waals surface area contributed by atoms with Crippen molar-refractivity contribution in [2.75, 3.05) is 0 Å². The van der Waals surface area contributed by atoms with Crippen LogP contribution >= 0.6 is 0 Å². The largest absolute Gasteiger partial charge is 0.305 e. The number of aromatic nitrogens is 8. The van der Waals surface area contributed by atoms with Crippen molar-refractivity contribution >= 4 is 53.0 Å². The molecule has 8 heterocycles. The van der Waals surface area contributed by atoms with Gasteiger partial charge in [-0.25, -0.2) is 0 Å². The third-order valence-corrected chi connectivity index (χ3v) is 31.3. The van der Waals surface area contributed by atoms with Gasteiger partial charge in [0, 0.05) is 130 Å². The first-order chi connectivity index (χ1) is 67.7. The van der Waals surface area contributed by atoms with Crippen LogP contribution < -0.4 is 20.7 Å². The Bertz CT molecular complexity index is 6710. The predicted molar refractivity (Wildman–Crippen MR) is 601 cm³/mol. The minimum Gasteiger partial charge on any atom is -0.305 e. The Labute approximate surface area is 914 Å². The second-order valence-corrected chi connectivity index (χ2v) is 58.2. The molecule has 0 aliphatic heterocycles. The summed E-state index contributed by atoms with van der Waals surface area (Å²) in [5, 5.41) is 5.63. The Kier molecular flexibility index (Phi) is 45.6. The van der Waals surface area contributed by atoms with Crippen molar-refractivity contribution in [3.8, 4) is 135 Å². The summed E-state index contributed by atoms with van der Waals surface area (Å²) < 4.78 is 0. The maximum atomic E-state index is 4.62. The van der Waals surface area contributed by atoms with E-state index in [0.717, 1.165) is 90.1 Å². The van der Waals surface area contributed by atoms with E-state index >= 15 is 0 Å². The number of aryl methyl sites for hydroxylation is 4. The Morgan fingerprint density at radius 2 is 0.465 bits per heavy atom. The van der Waals surface area contributed by atoms with Crippen LogP contribution in [0.15, 0.2) is 438 Å². The summed E-state index contributed by atoms with van der Waals surface area (Å²) in [7, 11) is -5.33. The van der Waals surface area contributed by atoms with E-state index < -0.39 is 32.3 Å². The summed E-state index contributed by atoms with van der Waals surface area (Å²) >= 11 is 0. The standard InChI is InChI=1S/4C20H20NSi.4C12H10N.4Ir/c1-22(2,3)19-10-7-15-21-20(19)18-13-11-17(12-14-18)16-8-5-4-6-9-16;2*1-22(2,3)19-13-14-21-20(15-19)18-11-9-17(10-12-18)16-7-5-4-6-8-16;1-22(2,3)19-13-14-20(21-15-19)18-11-9-17(10-12-18)16-7-5-4-6-8-16;4*1-10-6-2-3-7-11(10)12-8-4-5-9-13-12;;;;/h4-13,15H,1-3H3;3*4-11,13-15H,1-3H3;4*2-6,8-9H,1H3;;;;/q8*-1;;;;. The number of benzene rings is 12. The number of hydrogen-bond acceptors (Lipinski definition) is 8. The Morgan fingerprint density at radius 3 is 0.715 bits per heavy atom. The van der Waals surface area contributed by atoms with Crippen molar-refractivity contribution in [2.24, 2.45) is 0 Å². The maximum Gasteiger partial charge on any atom is 0.0795 e. The molecule has 732 valence electrons. The van der Waals surface area contributed by atoms with Gasteiger partial charge in [0.2, 0.25) is 0 Å². The van der Waals surface area contributed by atoms with E-state index in [0.29, 0.717) is 0 Å². The molecule has 144 heavy (non-hydrogen) atoms. The molecule has 0 saturated carbocycles. The fourth-order valence-electron chi connectivity index (χ4n) is 15.1. The monoisotopic (exact) mass is 2650 g/mol. The van der Waals surface area contributed by atoms with Gasteiger partial charge in [0.25, 0.3) is 0 Å². The predicted octanol–water partition coefficient (Wildman–Crippen LogP) is 30.5. The molecule has 0 bridgehead atoms. The summed E-state index contributed by atoms with van der Waals surface area (Å²) in [5.74, 6) is 0. The average Bonchev–Trinajstić information content (AvgIpc) is 0.800. The van der Waals surface area contributed by atoms with Gasteiger partial charge in [-0.15, -0.1) is 261 Å². The Hall–Kier alpha value is -12.7. The maximum absolute atomic E-state index is 4.62. The average molecular weight is 2650 g/mol. The van der Waals surface area contributed by atoms with Crippen LogP contribution in [0.1, 0.15) is 22.3 Å². The molecule has 0 spiro atoms. The smallest absolute Gasteiger partial charge is 0.0795 e. The van der Waals surface area contributed by atoms with Crippen LogP contribution in [0, 0.1) is 76.2 Å². The van der Waals surface area contributed by atoms with Crippen molar-refractivity contribution in [3.05, 3.63) is 509 Å². The van der Waals surface area contributed by atoms with Crippen molar-refractivity contribution in [1.82, 2.24) is 39.9 Å². The van der Waals surface area contributed by atoms with Crippen LogP contribution in [0.4, 0.5) is 0 Å². The zero-order valence-corrected chi connectivity index (χ0v) is 98.1.